The van der Waals surface area contributed by atoms with Gasteiger partial charge in [-0.05, 0) is 36.8 Å². The first-order valence-electron chi connectivity index (χ1n) is 8.03. The van der Waals surface area contributed by atoms with E-state index in [0.717, 1.165) is 5.56 Å². The third kappa shape index (κ3) is 3.46. The molecular weight excluding hydrogens is 336 g/mol. The Labute approximate surface area is 148 Å². The van der Waals surface area contributed by atoms with Gasteiger partial charge in [0.15, 0.2) is 0 Å². The van der Waals surface area contributed by atoms with Crippen LogP contribution in [0.5, 0.6) is 0 Å². The molecule has 3 rings (SSSR count). The minimum atomic E-state index is -0.469. The van der Waals surface area contributed by atoms with Crippen molar-refractivity contribution in [1.29, 1.82) is 0 Å². The maximum Gasteiger partial charge on any atom is 0.338 e. The largest absolute Gasteiger partial charge is 0.462 e. The summed E-state index contributed by atoms with van der Waals surface area (Å²) in [5.74, 6) is -0.395. The lowest BCUT2D eigenvalue weighted by Gasteiger charge is -2.10. The summed E-state index contributed by atoms with van der Waals surface area (Å²) >= 11 is 0. The molecule has 0 amide bonds. The highest BCUT2D eigenvalue weighted by molar-refractivity contribution is 5.89. The second-order valence-corrected chi connectivity index (χ2v) is 5.68. The number of carbonyl (C=O) groups is 1. The van der Waals surface area contributed by atoms with Crippen molar-refractivity contribution in [2.45, 2.75) is 13.5 Å². The molecule has 2 aromatic carbocycles. The first-order chi connectivity index (χ1) is 12.5. The standard InChI is InChI=1S/C19H16N2O5/c1-2-26-19(23)14-5-3-13(4-6-14)12-20-17-9-8-16(21(24)25)11-15(17)7-10-18(20)22/h3-11H,2,12H2,1H3. The number of pyridine rings is 1. The van der Waals surface area contributed by atoms with Gasteiger partial charge >= 0.3 is 5.97 Å². The zero-order valence-corrected chi connectivity index (χ0v) is 14.0. The Kier molecular flexibility index (Phi) is 4.79. The van der Waals surface area contributed by atoms with Gasteiger partial charge in [-0.25, -0.2) is 4.79 Å². The summed E-state index contributed by atoms with van der Waals surface area (Å²) in [6.07, 6.45) is 0. The van der Waals surface area contributed by atoms with Crippen molar-refractivity contribution in [3.63, 3.8) is 0 Å². The maximum atomic E-state index is 12.3. The molecule has 0 N–H and O–H groups in total. The number of fused-ring (bicyclic) bond motifs is 1. The monoisotopic (exact) mass is 352 g/mol. The number of nitro groups is 1. The van der Waals surface area contributed by atoms with E-state index in [0.29, 0.717) is 23.1 Å². The highest BCUT2D eigenvalue weighted by atomic mass is 16.6. The Morgan fingerprint density at radius 2 is 1.85 bits per heavy atom. The molecule has 26 heavy (non-hydrogen) atoms. The number of nitro benzene ring substituents is 1. The molecular formula is C19H16N2O5. The molecule has 0 radical (unpaired) electrons. The number of carbonyl (C=O) groups excluding carboxylic acids is 1. The second-order valence-electron chi connectivity index (χ2n) is 5.68. The van der Waals surface area contributed by atoms with Crippen molar-refractivity contribution >= 4 is 22.6 Å². The van der Waals surface area contributed by atoms with Crippen molar-refractivity contribution in [2.75, 3.05) is 6.61 Å². The van der Waals surface area contributed by atoms with E-state index in [4.69, 9.17) is 4.74 Å². The molecule has 7 nitrogen and oxygen atoms in total. The fourth-order valence-electron chi connectivity index (χ4n) is 2.71. The number of rotatable bonds is 5. The normalized spacial score (nSPS) is 10.7. The first-order valence-corrected chi connectivity index (χ1v) is 8.03. The van der Waals surface area contributed by atoms with Crippen LogP contribution < -0.4 is 5.56 Å². The van der Waals surface area contributed by atoms with E-state index in [1.807, 2.05) is 0 Å². The van der Waals surface area contributed by atoms with Crippen LogP contribution in [0.1, 0.15) is 22.8 Å². The molecule has 132 valence electrons. The predicted molar refractivity (Wildman–Crippen MR) is 96.4 cm³/mol. The van der Waals surface area contributed by atoms with Crippen LogP contribution in [0, 0.1) is 10.1 Å². The Balaban J connectivity index is 1.95. The summed E-state index contributed by atoms with van der Waals surface area (Å²) < 4.78 is 6.48. The number of aromatic nitrogens is 1. The quantitative estimate of drug-likeness (QED) is 0.400. The van der Waals surface area contributed by atoms with E-state index in [2.05, 4.69) is 0 Å². The van der Waals surface area contributed by atoms with Gasteiger partial charge in [-0.3, -0.25) is 14.9 Å². The van der Waals surface area contributed by atoms with E-state index < -0.39 is 10.9 Å². The van der Waals surface area contributed by atoms with E-state index >= 15 is 0 Å². The van der Waals surface area contributed by atoms with Crippen LogP contribution in [-0.4, -0.2) is 22.1 Å². The minimum absolute atomic E-state index is 0.0264. The number of hydrogen-bond acceptors (Lipinski definition) is 5. The number of esters is 1. The van der Waals surface area contributed by atoms with Gasteiger partial charge in [0.05, 0.1) is 29.2 Å². The molecule has 0 saturated carbocycles. The Morgan fingerprint density at radius 1 is 1.12 bits per heavy atom. The number of nitrogens with zero attached hydrogens (tertiary/aromatic N) is 2. The lowest BCUT2D eigenvalue weighted by Crippen LogP contribution is -2.20. The highest BCUT2D eigenvalue weighted by Crippen LogP contribution is 2.20. The fourth-order valence-corrected chi connectivity index (χ4v) is 2.71. The predicted octanol–water partition coefficient (Wildman–Crippen LogP) is 3.13. The molecule has 0 aliphatic carbocycles. The van der Waals surface area contributed by atoms with Crippen LogP contribution >= 0.6 is 0 Å². The van der Waals surface area contributed by atoms with Crippen molar-refractivity contribution in [3.05, 3.63) is 86.2 Å². The number of ether oxygens (including phenoxy) is 1. The molecule has 1 aromatic heterocycles. The molecule has 0 bridgehead atoms. The molecule has 0 spiro atoms. The summed E-state index contributed by atoms with van der Waals surface area (Å²) in [4.78, 5) is 34.4. The van der Waals surface area contributed by atoms with Gasteiger partial charge in [0.1, 0.15) is 0 Å². The van der Waals surface area contributed by atoms with E-state index in [1.165, 1.54) is 18.2 Å². The van der Waals surface area contributed by atoms with Crippen molar-refractivity contribution in [2.24, 2.45) is 0 Å². The van der Waals surface area contributed by atoms with Gasteiger partial charge in [-0.15, -0.1) is 0 Å². The van der Waals surface area contributed by atoms with Crippen molar-refractivity contribution in [1.82, 2.24) is 4.57 Å². The second kappa shape index (κ2) is 7.18. The lowest BCUT2D eigenvalue weighted by atomic mass is 10.1. The van der Waals surface area contributed by atoms with Crippen LogP contribution in [0.2, 0.25) is 0 Å². The Hall–Kier alpha value is -3.48. The third-order valence-electron chi connectivity index (χ3n) is 3.99. The first kappa shape index (κ1) is 17.3. The molecule has 0 atom stereocenters. The smallest absolute Gasteiger partial charge is 0.338 e. The van der Waals surface area contributed by atoms with Crippen LogP contribution in [0.15, 0.2) is 59.4 Å². The van der Waals surface area contributed by atoms with Gasteiger partial charge in [0.25, 0.3) is 11.2 Å². The van der Waals surface area contributed by atoms with Gasteiger partial charge in [-0.1, -0.05) is 12.1 Å². The Bertz CT molecular complexity index is 1040. The van der Waals surface area contributed by atoms with E-state index in [1.54, 1.807) is 47.9 Å². The lowest BCUT2D eigenvalue weighted by molar-refractivity contribution is -0.384. The zero-order valence-electron chi connectivity index (χ0n) is 14.0. The molecule has 0 unspecified atom stereocenters. The topological polar surface area (TPSA) is 91.4 Å². The van der Waals surface area contributed by atoms with E-state index in [9.17, 15) is 19.7 Å². The molecule has 0 saturated heterocycles. The number of non-ortho nitro benzene ring substituents is 1. The highest BCUT2D eigenvalue weighted by Gasteiger charge is 2.11. The van der Waals surface area contributed by atoms with E-state index in [-0.39, 0.29) is 17.8 Å². The molecule has 0 aliphatic rings. The summed E-state index contributed by atoms with van der Waals surface area (Å²) in [5, 5.41) is 11.5. The molecule has 0 fully saturated rings. The summed E-state index contributed by atoms with van der Waals surface area (Å²) in [7, 11) is 0. The number of hydrogen-bond donors (Lipinski definition) is 0. The summed E-state index contributed by atoms with van der Waals surface area (Å²) in [5.41, 5.74) is 1.64. The average molecular weight is 352 g/mol. The zero-order chi connectivity index (χ0) is 18.7. The maximum absolute atomic E-state index is 12.3. The van der Waals surface area contributed by atoms with Crippen LogP contribution in [0.25, 0.3) is 10.9 Å². The fraction of sp³-hybridized carbons (Fsp3) is 0.158. The average Bonchev–Trinajstić information content (AvgIpc) is 2.64. The van der Waals surface area contributed by atoms with Gasteiger partial charge in [-0.2, -0.15) is 0 Å². The van der Waals surface area contributed by atoms with Gasteiger partial charge in [0.2, 0.25) is 0 Å². The van der Waals surface area contributed by atoms with Gasteiger partial charge < -0.3 is 9.30 Å². The summed E-state index contributed by atoms with van der Waals surface area (Å²) in [6.45, 7) is 2.33. The van der Waals surface area contributed by atoms with Crippen molar-refractivity contribution in [3.8, 4) is 0 Å². The minimum Gasteiger partial charge on any atom is -0.462 e. The molecule has 7 heteroatoms. The number of benzene rings is 2. The third-order valence-corrected chi connectivity index (χ3v) is 3.99. The molecule has 3 aromatic rings. The SMILES string of the molecule is CCOC(=O)c1ccc(Cn2c(=O)ccc3cc([N+](=O)[O-])ccc32)cc1. The molecule has 0 aliphatic heterocycles. The van der Waals surface area contributed by atoms with Crippen LogP contribution in [0.3, 0.4) is 0 Å². The van der Waals surface area contributed by atoms with Crippen LogP contribution in [-0.2, 0) is 11.3 Å². The molecule has 1 heterocycles. The van der Waals surface area contributed by atoms with Crippen LogP contribution in [0.4, 0.5) is 5.69 Å². The van der Waals surface area contributed by atoms with Gasteiger partial charge in [0, 0.05) is 23.6 Å². The summed E-state index contributed by atoms with van der Waals surface area (Å²) in [6, 6.07) is 14.2. The Morgan fingerprint density at radius 3 is 2.50 bits per heavy atom. The van der Waals surface area contributed by atoms with Crippen molar-refractivity contribution < 1.29 is 14.5 Å².